The lowest BCUT2D eigenvalue weighted by atomic mass is 10.1. The van der Waals surface area contributed by atoms with E-state index in [-0.39, 0.29) is 12.5 Å². The van der Waals surface area contributed by atoms with E-state index in [1.54, 1.807) is 30.7 Å². The first-order chi connectivity index (χ1) is 13.1. The summed E-state index contributed by atoms with van der Waals surface area (Å²) in [5.41, 5.74) is 0.983. The summed E-state index contributed by atoms with van der Waals surface area (Å²) in [5.74, 6) is -0.0131. The van der Waals surface area contributed by atoms with E-state index in [4.69, 9.17) is 9.15 Å². The van der Waals surface area contributed by atoms with Gasteiger partial charge in [0.1, 0.15) is 16.3 Å². The number of likely N-dealkylation sites (N-methyl/N-ethyl adjacent to an activating group) is 1. The molecule has 0 spiro atoms. The van der Waals surface area contributed by atoms with Gasteiger partial charge in [0.05, 0.1) is 19.4 Å². The normalized spacial score (nSPS) is 15.6. The van der Waals surface area contributed by atoms with Gasteiger partial charge in [0.25, 0.3) is 0 Å². The molecule has 0 bridgehead atoms. The summed E-state index contributed by atoms with van der Waals surface area (Å²) in [6.45, 7) is 9.20. The highest BCUT2D eigenvalue weighted by molar-refractivity contribution is 7.15. The molecule has 7 nitrogen and oxygen atoms in total. The van der Waals surface area contributed by atoms with Crippen molar-refractivity contribution >= 4 is 28.2 Å². The Hall–Kier alpha value is -2.16. The lowest BCUT2D eigenvalue weighted by molar-refractivity contribution is -0.117. The first kappa shape index (κ1) is 19.6. The van der Waals surface area contributed by atoms with Crippen LogP contribution in [0.5, 0.6) is 0 Å². The summed E-state index contributed by atoms with van der Waals surface area (Å²) in [5, 5.41) is 5.19. The number of furan rings is 1. The molecule has 1 fully saturated rings. The molecule has 1 N–H and O–H groups in total. The molecule has 1 saturated heterocycles. The Bertz CT molecular complexity index is 764. The molecular weight excluding hydrogens is 366 g/mol. The molecule has 27 heavy (non-hydrogen) atoms. The molecule has 1 amide bonds. The predicted molar refractivity (Wildman–Crippen MR) is 105 cm³/mol. The second kappa shape index (κ2) is 9.16. The molecule has 3 rings (SSSR count). The van der Waals surface area contributed by atoms with Crippen molar-refractivity contribution in [1.29, 1.82) is 0 Å². The summed E-state index contributed by atoms with van der Waals surface area (Å²) >= 11 is 1.30. The number of amides is 1. The molecule has 8 heteroatoms. The van der Waals surface area contributed by atoms with E-state index >= 15 is 0 Å². The van der Waals surface area contributed by atoms with Gasteiger partial charge in [-0.05, 0) is 25.6 Å². The van der Waals surface area contributed by atoms with E-state index in [9.17, 15) is 9.59 Å². The zero-order valence-corrected chi connectivity index (χ0v) is 16.5. The van der Waals surface area contributed by atoms with Crippen LogP contribution in [-0.2, 0) is 9.53 Å². The highest BCUT2D eigenvalue weighted by Crippen LogP contribution is 2.36. The Morgan fingerprint density at radius 2 is 1.96 bits per heavy atom. The fraction of sp³-hybridized carbons (Fsp3) is 0.474. The first-order valence-corrected chi connectivity index (χ1v) is 10.1. The van der Waals surface area contributed by atoms with Crippen molar-refractivity contribution in [1.82, 2.24) is 9.80 Å². The van der Waals surface area contributed by atoms with Crippen molar-refractivity contribution in [3.05, 3.63) is 29.3 Å². The van der Waals surface area contributed by atoms with Crippen molar-refractivity contribution in [3.63, 3.8) is 0 Å². The molecule has 1 aliphatic rings. The number of anilines is 1. The van der Waals surface area contributed by atoms with E-state index in [2.05, 4.69) is 22.0 Å². The molecule has 3 heterocycles. The third-order valence-electron chi connectivity index (χ3n) is 4.59. The zero-order chi connectivity index (χ0) is 19.2. The van der Waals surface area contributed by atoms with Gasteiger partial charge in [-0.15, -0.1) is 11.3 Å². The van der Waals surface area contributed by atoms with Crippen LogP contribution in [0.25, 0.3) is 11.3 Å². The van der Waals surface area contributed by atoms with E-state index in [1.165, 1.54) is 11.3 Å². The van der Waals surface area contributed by atoms with Crippen LogP contribution in [-0.4, -0.2) is 67.6 Å². The van der Waals surface area contributed by atoms with Gasteiger partial charge in [0.15, 0.2) is 0 Å². The van der Waals surface area contributed by atoms with E-state index in [0.717, 1.165) is 32.7 Å². The molecule has 0 radical (unpaired) electrons. The van der Waals surface area contributed by atoms with Gasteiger partial charge >= 0.3 is 5.97 Å². The Morgan fingerprint density at radius 1 is 1.22 bits per heavy atom. The Kier molecular flexibility index (Phi) is 6.65. The molecule has 2 aromatic heterocycles. The highest BCUT2D eigenvalue weighted by Gasteiger charge is 2.25. The number of nitrogens with one attached hydrogen (secondary N) is 1. The van der Waals surface area contributed by atoms with E-state index in [1.807, 2.05) is 0 Å². The van der Waals surface area contributed by atoms with Crippen LogP contribution >= 0.6 is 11.3 Å². The van der Waals surface area contributed by atoms with Crippen LogP contribution in [0.1, 0.15) is 24.2 Å². The zero-order valence-electron chi connectivity index (χ0n) is 15.7. The van der Waals surface area contributed by atoms with E-state index < -0.39 is 5.97 Å². The maximum Gasteiger partial charge on any atom is 0.341 e. The van der Waals surface area contributed by atoms with Gasteiger partial charge < -0.3 is 19.4 Å². The number of rotatable bonds is 7. The Labute approximate surface area is 162 Å². The SMILES string of the molecule is CCOC(=O)c1c(-c2ccco2)csc1NC(=O)CN1CCN(CC)CC1. The molecule has 0 atom stereocenters. The van der Waals surface area contributed by atoms with Crippen LogP contribution in [0.2, 0.25) is 0 Å². The maximum absolute atomic E-state index is 12.5. The standard InChI is InChI=1S/C19H25N3O4S/c1-3-21-7-9-22(10-8-21)12-16(23)20-18-17(19(24)25-4-2)14(13-27-18)15-6-5-11-26-15/h5-6,11,13H,3-4,7-10,12H2,1-2H3,(H,20,23). The summed E-state index contributed by atoms with van der Waals surface area (Å²) in [4.78, 5) is 29.5. The summed E-state index contributed by atoms with van der Waals surface area (Å²) in [7, 11) is 0. The second-order valence-electron chi connectivity index (χ2n) is 6.31. The summed E-state index contributed by atoms with van der Waals surface area (Å²) < 4.78 is 10.6. The highest BCUT2D eigenvalue weighted by atomic mass is 32.1. The average molecular weight is 391 g/mol. The number of thiophene rings is 1. The fourth-order valence-corrected chi connectivity index (χ4v) is 4.06. The van der Waals surface area contributed by atoms with Gasteiger partial charge in [-0.2, -0.15) is 0 Å². The smallest absolute Gasteiger partial charge is 0.341 e. The van der Waals surface area contributed by atoms with Gasteiger partial charge in [0, 0.05) is 37.1 Å². The van der Waals surface area contributed by atoms with Crippen molar-refractivity contribution in [2.24, 2.45) is 0 Å². The van der Waals surface area contributed by atoms with Crippen LogP contribution in [0, 0.1) is 0 Å². The van der Waals surface area contributed by atoms with Gasteiger partial charge in [-0.3, -0.25) is 9.69 Å². The number of esters is 1. The van der Waals surface area contributed by atoms with Crippen molar-refractivity contribution in [3.8, 4) is 11.3 Å². The molecule has 0 aromatic carbocycles. The summed E-state index contributed by atoms with van der Waals surface area (Å²) in [6, 6.07) is 3.54. The quantitative estimate of drug-likeness (QED) is 0.732. The third-order valence-corrected chi connectivity index (χ3v) is 5.48. The molecule has 0 unspecified atom stereocenters. The minimum atomic E-state index is -0.461. The minimum Gasteiger partial charge on any atom is -0.464 e. The minimum absolute atomic E-state index is 0.127. The van der Waals surface area contributed by atoms with Crippen molar-refractivity contribution in [2.75, 3.05) is 51.2 Å². The number of hydrogen-bond acceptors (Lipinski definition) is 7. The maximum atomic E-state index is 12.5. The van der Waals surface area contributed by atoms with Gasteiger partial charge in [0.2, 0.25) is 5.91 Å². The average Bonchev–Trinajstić information content (AvgIpc) is 3.32. The number of ether oxygens (including phenoxy) is 1. The van der Waals surface area contributed by atoms with Crippen molar-refractivity contribution < 1.29 is 18.7 Å². The molecule has 2 aromatic rings. The first-order valence-electron chi connectivity index (χ1n) is 9.19. The monoisotopic (exact) mass is 391 g/mol. The van der Waals surface area contributed by atoms with Crippen molar-refractivity contribution in [2.45, 2.75) is 13.8 Å². The number of carbonyl (C=O) groups excluding carboxylic acids is 2. The summed E-state index contributed by atoms with van der Waals surface area (Å²) in [6.07, 6.45) is 1.55. The lowest BCUT2D eigenvalue weighted by Crippen LogP contribution is -2.48. The number of piperazine rings is 1. The second-order valence-corrected chi connectivity index (χ2v) is 7.19. The predicted octanol–water partition coefficient (Wildman–Crippen LogP) is 2.76. The molecule has 146 valence electrons. The van der Waals surface area contributed by atoms with Gasteiger partial charge in [-0.25, -0.2) is 4.79 Å². The lowest BCUT2D eigenvalue weighted by Gasteiger charge is -2.33. The van der Waals surface area contributed by atoms with Gasteiger partial charge in [-0.1, -0.05) is 6.92 Å². The third kappa shape index (κ3) is 4.77. The molecule has 0 saturated carbocycles. The van der Waals surface area contributed by atoms with Crippen LogP contribution < -0.4 is 5.32 Å². The Morgan fingerprint density at radius 3 is 2.59 bits per heavy atom. The van der Waals surface area contributed by atoms with E-state index in [0.29, 0.717) is 28.4 Å². The molecule has 0 aliphatic carbocycles. The van der Waals surface area contributed by atoms with Crippen LogP contribution in [0.3, 0.4) is 0 Å². The topological polar surface area (TPSA) is 75.0 Å². The largest absolute Gasteiger partial charge is 0.464 e. The number of carbonyl (C=O) groups is 2. The molecular formula is C19H25N3O4S. The van der Waals surface area contributed by atoms with Crippen LogP contribution in [0.4, 0.5) is 5.00 Å². The Balaban J connectivity index is 1.70. The van der Waals surface area contributed by atoms with Crippen LogP contribution in [0.15, 0.2) is 28.2 Å². The fourth-order valence-electron chi connectivity index (χ4n) is 3.10. The number of nitrogens with zero attached hydrogens (tertiary/aromatic N) is 2. The molecule has 1 aliphatic heterocycles. The number of hydrogen-bond donors (Lipinski definition) is 1.